The number of rotatable bonds is 7. The molecule has 0 aliphatic heterocycles. The largest absolute Gasteiger partial charge is 0.466 e. The first kappa shape index (κ1) is 19.3. The fourth-order valence-electron chi connectivity index (χ4n) is 2.31. The van der Waals surface area contributed by atoms with Gasteiger partial charge in [0.2, 0.25) is 0 Å². The third-order valence-electron chi connectivity index (χ3n) is 3.67. The topological polar surface area (TPSA) is 69.8 Å². The minimum absolute atomic E-state index is 0.121. The molecule has 25 heavy (non-hydrogen) atoms. The molecule has 0 saturated carbocycles. The van der Waals surface area contributed by atoms with Crippen LogP contribution in [0.25, 0.3) is 0 Å². The minimum Gasteiger partial charge on any atom is -0.466 e. The summed E-state index contributed by atoms with van der Waals surface area (Å²) in [6.45, 7) is 4.81. The van der Waals surface area contributed by atoms with Gasteiger partial charge in [-0.15, -0.1) is 0 Å². The molecule has 5 nitrogen and oxygen atoms in total. The van der Waals surface area contributed by atoms with Crippen molar-refractivity contribution < 1.29 is 13.9 Å². The van der Waals surface area contributed by atoms with E-state index >= 15 is 0 Å². The van der Waals surface area contributed by atoms with Crippen LogP contribution in [0.5, 0.6) is 0 Å². The van der Waals surface area contributed by atoms with E-state index in [1.54, 1.807) is 31.2 Å². The Balaban J connectivity index is 1.96. The number of aliphatic imine (C=N–C) groups is 1. The zero-order chi connectivity index (χ0) is 18.3. The van der Waals surface area contributed by atoms with Crippen molar-refractivity contribution in [1.29, 1.82) is 0 Å². The van der Waals surface area contributed by atoms with Crippen molar-refractivity contribution in [3.05, 3.63) is 58.8 Å². The maximum atomic E-state index is 13.8. The lowest BCUT2D eigenvalue weighted by Crippen LogP contribution is -2.39. The van der Waals surface area contributed by atoms with Crippen LogP contribution in [0.15, 0.2) is 46.0 Å². The number of furan rings is 1. The molecule has 0 fully saturated rings. The molecule has 1 aromatic heterocycles. The molecule has 136 valence electrons. The standard InChI is InChI=1S/C18H23ClFN3O2/c1-3-21-17(23-12-18(2,24)16-8-5-11-25-16)22-10-9-13-14(19)6-4-7-15(13)20/h4-8,11,24H,3,9-10,12H2,1-2H3,(H2,21,22,23). The second-order valence-corrected chi connectivity index (χ2v) is 6.23. The van der Waals surface area contributed by atoms with Crippen molar-refractivity contribution in [2.45, 2.75) is 25.9 Å². The van der Waals surface area contributed by atoms with Gasteiger partial charge < -0.3 is 20.2 Å². The van der Waals surface area contributed by atoms with Crippen LogP contribution in [0.1, 0.15) is 25.2 Å². The van der Waals surface area contributed by atoms with Crippen LogP contribution < -0.4 is 10.6 Å². The van der Waals surface area contributed by atoms with E-state index in [0.717, 1.165) is 0 Å². The van der Waals surface area contributed by atoms with Crippen molar-refractivity contribution in [3.8, 4) is 0 Å². The number of aliphatic hydroxyl groups is 1. The number of halogens is 2. The minimum atomic E-state index is -1.21. The summed E-state index contributed by atoms with van der Waals surface area (Å²) in [6.07, 6.45) is 1.93. The molecule has 7 heteroatoms. The molecule has 0 spiro atoms. The van der Waals surface area contributed by atoms with E-state index in [9.17, 15) is 9.50 Å². The summed E-state index contributed by atoms with van der Waals surface area (Å²) >= 11 is 6.03. The normalized spacial score (nSPS) is 14.2. The maximum Gasteiger partial charge on any atom is 0.191 e. The van der Waals surface area contributed by atoms with Crippen LogP contribution in [-0.2, 0) is 12.0 Å². The third kappa shape index (κ3) is 5.47. The van der Waals surface area contributed by atoms with Crippen molar-refractivity contribution >= 4 is 17.6 Å². The van der Waals surface area contributed by atoms with Gasteiger partial charge in [-0.1, -0.05) is 17.7 Å². The Morgan fingerprint density at radius 3 is 2.76 bits per heavy atom. The number of guanidine groups is 1. The van der Waals surface area contributed by atoms with E-state index < -0.39 is 5.60 Å². The van der Waals surface area contributed by atoms with Gasteiger partial charge in [0.1, 0.15) is 17.2 Å². The monoisotopic (exact) mass is 367 g/mol. The first-order valence-electron chi connectivity index (χ1n) is 8.15. The Morgan fingerprint density at radius 2 is 2.12 bits per heavy atom. The summed E-state index contributed by atoms with van der Waals surface area (Å²) in [5, 5.41) is 17.1. The molecule has 0 aliphatic carbocycles. The molecule has 2 rings (SSSR count). The van der Waals surface area contributed by atoms with Gasteiger partial charge in [-0.25, -0.2) is 9.38 Å². The maximum absolute atomic E-state index is 13.8. The Bertz CT molecular complexity index is 682. The average Bonchev–Trinajstić information content (AvgIpc) is 3.11. The molecule has 1 atom stereocenters. The lowest BCUT2D eigenvalue weighted by atomic mass is 10.0. The predicted octanol–water partition coefficient (Wildman–Crippen LogP) is 3.08. The second kappa shape index (κ2) is 8.87. The quantitative estimate of drug-likeness (QED) is 0.519. The summed E-state index contributed by atoms with van der Waals surface area (Å²) < 4.78 is 19.0. The van der Waals surface area contributed by atoms with Gasteiger partial charge in [-0.05, 0) is 44.5 Å². The Hall–Kier alpha value is -2.05. The Labute approximate surface area is 151 Å². The third-order valence-corrected chi connectivity index (χ3v) is 4.02. The highest BCUT2D eigenvalue weighted by Crippen LogP contribution is 2.21. The van der Waals surface area contributed by atoms with Gasteiger partial charge in [0, 0.05) is 23.7 Å². The lowest BCUT2D eigenvalue weighted by Gasteiger charge is -2.19. The van der Waals surface area contributed by atoms with Crippen LogP contribution in [0.3, 0.4) is 0 Å². The van der Waals surface area contributed by atoms with Gasteiger partial charge in [-0.3, -0.25) is 0 Å². The lowest BCUT2D eigenvalue weighted by molar-refractivity contribution is 0.0437. The summed E-state index contributed by atoms with van der Waals surface area (Å²) in [6, 6.07) is 8.06. The van der Waals surface area contributed by atoms with Crippen molar-refractivity contribution in [2.75, 3.05) is 19.6 Å². The molecule has 1 heterocycles. The van der Waals surface area contributed by atoms with E-state index in [2.05, 4.69) is 15.6 Å². The number of nitrogens with zero attached hydrogens (tertiary/aromatic N) is 1. The van der Waals surface area contributed by atoms with Crippen molar-refractivity contribution in [1.82, 2.24) is 10.6 Å². The van der Waals surface area contributed by atoms with Gasteiger partial charge in [0.15, 0.2) is 5.96 Å². The molecule has 0 saturated heterocycles. The van der Waals surface area contributed by atoms with Gasteiger partial charge in [0.25, 0.3) is 0 Å². The van der Waals surface area contributed by atoms with E-state index in [0.29, 0.717) is 41.8 Å². The molecular weight excluding hydrogens is 345 g/mol. The second-order valence-electron chi connectivity index (χ2n) is 5.82. The Morgan fingerprint density at radius 1 is 1.32 bits per heavy atom. The zero-order valence-electron chi connectivity index (χ0n) is 14.4. The zero-order valence-corrected chi connectivity index (χ0v) is 15.1. The fourth-order valence-corrected chi connectivity index (χ4v) is 2.57. The van der Waals surface area contributed by atoms with E-state index in [-0.39, 0.29) is 12.4 Å². The summed E-state index contributed by atoms with van der Waals surface area (Å²) in [5.74, 6) is 0.657. The molecule has 1 unspecified atom stereocenters. The molecule has 0 amide bonds. The number of nitrogens with one attached hydrogen (secondary N) is 2. The van der Waals surface area contributed by atoms with Gasteiger partial charge in [0.05, 0.1) is 12.8 Å². The molecular formula is C18H23ClFN3O2. The summed E-state index contributed by atoms with van der Waals surface area (Å²) in [5.41, 5.74) is -0.740. The van der Waals surface area contributed by atoms with Crippen LogP contribution >= 0.6 is 11.6 Å². The van der Waals surface area contributed by atoms with Crippen molar-refractivity contribution in [2.24, 2.45) is 4.99 Å². The van der Waals surface area contributed by atoms with E-state index in [4.69, 9.17) is 16.0 Å². The Kier molecular flexibility index (Phi) is 6.84. The molecule has 0 radical (unpaired) electrons. The van der Waals surface area contributed by atoms with E-state index in [1.165, 1.54) is 12.3 Å². The van der Waals surface area contributed by atoms with Crippen LogP contribution in [-0.4, -0.2) is 30.7 Å². The molecule has 2 aromatic rings. The first-order chi connectivity index (χ1) is 11.9. The summed E-state index contributed by atoms with van der Waals surface area (Å²) in [7, 11) is 0. The molecule has 0 aliphatic rings. The smallest absolute Gasteiger partial charge is 0.191 e. The number of hydrogen-bond acceptors (Lipinski definition) is 3. The van der Waals surface area contributed by atoms with Crippen LogP contribution in [0.4, 0.5) is 4.39 Å². The molecule has 3 N–H and O–H groups in total. The van der Waals surface area contributed by atoms with Gasteiger partial charge >= 0.3 is 0 Å². The van der Waals surface area contributed by atoms with Gasteiger partial charge in [-0.2, -0.15) is 0 Å². The highest BCUT2D eigenvalue weighted by Gasteiger charge is 2.26. The highest BCUT2D eigenvalue weighted by atomic mass is 35.5. The highest BCUT2D eigenvalue weighted by molar-refractivity contribution is 6.31. The molecule has 0 bridgehead atoms. The fraction of sp³-hybridized carbons (Fsp3) is 0.389. The number of hydrogen-bond donors (Lipinski definition) is 3. The average molecular weight is 368 g/mol. The summed E-state index contributed by atoms with van der Waals surface area (Å²) in [4.78, 5) is 4.37. The van der Waals surface area contributed by atoms with Crippen LogP contribution in [0.2, 0.25) is 5.02 Å². The van der Waals surface area contributed by atoms with E-state index in [1.807, 2.05) is 6.92 Å². The number of benzene rings is 1. The van der Waals surface area contributed by atoms with Crippen molar-refractivity contribution in [3.63, 3.8) is 0 Å². The molecule has 1 aromatic carbocycles. The first-order valence-corrected chi connectivity index (χ1v) is 8.53. The SMILES string of the molecule is CCNC(=NCC(C)(O)c1ccco1)NCCc1c(F)cccc1Cl. The van der Waals surface area contributed by atoms with Crippen LogP contribution in [0, 0.1) is 5.82 Å². The predicted molar refractivity (Wildman–Crippen MR) is 97.4 cm³/mol.